The molecule has 0 unspecified atom stereocenters. The number of carbonyl (C=O) groups excluding carboxylic acids is 1. The highest BCUT2D eigenvalue weighted by Crippen LogP contribution is 2.29. The normalized spacial score (nSPS) is 15.5. The number of rotatable bonds is 3. The number of aromatic nitrogens is 1. The van der Waals surface area contributed by atoms with Crippen LogP contribution in [0.25, 0.3) is 0 Å². The zero-order chi connectivity index (χ0) is 21.4. The van der Waals surface area contributed by atoms with Crippen molar-refractivity contribution in [3.05, 3.63) is 52.7 Å². The number of benzene rings is 1. The molecule has 2 aromatic rings. The van der Waals surface area contributed by atoms with Crippen LogP contribution in [0.1, 0.15) is 15.9 Å². The maximum absolute atomic E-state index is 12.8. The standard InChI is InChI=1S/C18H17ClF3N3O3S/c1-29(27,28)13-3-4-15(19)14(10-13)17(26)25-8-6-24(7-9-25)16-5-2-12(11-23-16)18(20,21)22/h2-5,10-11H,6-9H2,1H3. The summed E-state index contributed by atoms with van der Waals surface area (Å²) in [4.78, 5) is 19.9. The summed E-state index contributed by atoms with van der Waals surface area (Å²) in [5.41, 5.74) is -0.730. The quantitative estimate of drug-likeness (QED) is 0.723. The van der Waals surface area contributed by atoms with E-state index in [4.69, 9.17) is 11.6 Å². The lowest BCUT2D eigenvalue weighted by atomic mass is 10.1. The second-order valence-electron chi connectivity index (χ2n) is 6.60. The summed E-state index contributed by atoms with van der Waals surface area (Å²) >= 11 is 6.08. The van der Waals surface area contributed by atoms with Crippen molar-refractivity contribution in [2.75, 3.05) is 37.3 Å². The molecule has 1 fully saturated rings. The van der Waals surface area contributed by atoms with E-state index in [0.29, 0.717) is 32.0 Å². The van der Waals surface area contributed by atoms with Crippen LogP contribution in [0.3, 0.4) is 0 Å². The Morgan fingerprint density at radius 1 is 1.10 bits per heavy atom. The minimum atomic E-state index is -4.45. The smallest absolute Gasteiger partial charge is 0.353 e. The van der Waals surface area contributed by atoms with Crippen molar-refractivity contribution >= 4 is 33.2 Å². The average molecular weight is 448 g/mol. The monoisotopic (exact) mass is 447 g/mol. The highest BCUT2D eigenvalue weighted by Gasteiger charge is 2.31. The van der Waals surface area contributed by atoms with Crippen LogP contribution in [0.15, 0.2) is 41.4 Å². The van der Waals surface area contributed by atoms with Crippen molar-refractivity contribution in [1.82, 2.24) is 9.88 Å². The lowest BCUT2D eigenvalue weighted by Crippen LogP contribution is -2.49. The molecule has 0 spiro atoms. The first-order chi connectivity index (χ1) is 13.5. The Hall–Kier alpha value is -2.33. The predicted octanol–water partition coefficient (Wildman–Crippen LogP) is 3.12. The number of nitrogens with zero attached hydrogens (tertiary/aromatic N) is 3. The summed E-state index contributed by atoms with van der Waals surface area (Å²) < 4.78 is 61.4. The second-order valence-corrected chi connectivity index (χ2v) is 9.02. The zero-order valence-electron chi connectivity index (χ0n) is 15.3. The van der Waals surface area contributed by atoms with E-state index < -0.39 is 27.5 Å². The van der Waals surface area contributed by atoms with Gasteiger partial charge >= 0.3 is 6.18 Å². The van der Waals surface area contributed by atoms with Crippen molar-refractivity contribution in [3.63, 3.8) is 0 Å². The summed E-state index contributed by atoms with van der Waals surface area (Å²) in [6.45, 7) is 1.32. The lowest BCUT2D eigenvalue weighted by molar-refractivity contribution is -0.137. The number of halogens is 4. The van der Waals surface area contributed by atoms with Crippen LogP contribution >= 0.6 is 11.6 Å². The topological polar surface area (TPSA) is 70.6 Å². The molecule has 1 aromatic heterocycles. The number of hydrogen-bond acceptors (Lipinski definition) is 5. The predicted molar refractivity (Wildman–Crippen MR) is 102 cm³/mol. The first-order valence-corrected chi connectivity index (χ1v) is 10.8. The third kappa shape index (κ3) is 4.81. The van der Waals surface area contributed by atoms with E-state index in [1.165, 1.54) is 29.2 Å². The summed E-state index contributed by atoms with van der Waals surface area (Å²) in [5.74, 6) is -0.0114. The number of amides is 1. The first-order valence-electron chi connectivity index (χ1n) is 8.54. The second kappa shape index (κ2) is 7.83. The molecule has 29 heavy (non-hydrogen) atoms. The van der Waals surface area contributed by atoms with Crippen LogP contribution in [-0.2, 0) is 16.0 Å². The Morgan fingerprint density at radius 2 is 1.76 bits per heavy atom. The number of pyridine rings is 1. The molecular weight excluding hydrogens is 431 g/mol. The van der Waals surface area contributed by atoms with Crippen LogP contribution in [0.2, 0.25) is 5.02 Å². The van der Waals surface area contributed by atoms with Gasteiger partial charge in [-0.05, 0) is 30.3 Å². The molecule has 156 valence electrons. The van der Waals surface area contributed by atoms with Gasteiger partial charge in [0, 0.05) is 38.6 Å². The van der Waals surface area contributed by atoms with E-state index in [1.807, 2.05) is 0 Å². The van der Waals surface area contributed by atoms with E-state index in [9.17, 15) is 26.4 Å². The maximum Gasteiger partial charge on any atom is 0.417 e. The molecule has 0 saturated carbocycles. The summed E-state index contributed by atoms with van der Waals surface area (Å²) in [7, 11) is -3.49. The Labute approximate surface area is 170 Å². The van der Waals surface area contributed by atoms with Crippen molar-refractivity contribution in [2.24, 2.45) is 0 Å². The highest BCUT2D eigenvalue weighted by molar-refractivity contribution is 7.90. The van der Waals surface area contributed by atoms with Crippen LogP contribution < -0.4 is 4.90 Å². The molecular formula is C18H17ClF3N3O3S. The van der Waals surface area contributed by atoms with Crippen molar-refractivity contribution in [2.45, 2.75) is 11.1 Å². The number of piperazine rings is 1. The number of hydrogen-bond donors (Lipinski definition) is 0. The molecule has 1 aromatic carbocycles. The molecule has 2 heterocycles. The van der Waals surface area contributed by atoms with E-state index in [1.54, 1.807) is 4.90 Å². The highest BCUT2D eigenvalue weighted by atomic mass is 35.5. The molecule has 1 aliphatic heterocycles. The molecule has 1 amide bonds. The fourth-order valence-corrected chi connectivity index (χ4v) is 3.79. The molecule has 3 rings (SSSR count). The molecule has 1 saturated heterocycles. The van der Waals surface area contributed by atoms with Crippen molar-refractivity contribution in [3.8, 4) is 0 Å². The number of anilines is 1. The van der Waals surface area contributed by atoms with Gasteiger partial charge in [0.15, 0.2) is 9.84 Å². The summed E-state index contributed by atoms with van der Waals surface area (Å²) in [5, 5.41) is 0.147. The molecule has 6 nitrogen and oxygen atoms in total. The third-order valence-corrected chi connectivity index (χ3v) is 6.00. The van der Waals surface area contributed by atoms with Gasteiger partial charge in [-0.25, -0.2) is 13.4 Å². The van der Waals surface area contributed by atoms with Crippen molar-refractivity contribution in [1.29, 1.82) is 0 Å². The summed E-state index contributed by atoms with van der Waals surface area (Å²) in [6.07, 6.45) is -2.62. The Kier molecular flexibility index (Phi) is 5.77. The van der Waals surface area contributed by atoms with E-state index in [-0.39, 0.29) is 15.5 Å². The Bertz CT molecular complexity index is 1020. The van der Waals surface area contributed by atoms with Crippen molar-refractivity contribution < 1.29 is 26.4 Å². The van der Waals surface area contributed by atoms with Gasteiger partial charge < -0.3 is 9.80 Å². The molecule has 0 radical (unpaired) electrons. The Balaban J connectivity index is 1.70. The van der Waals surface area contributed by atoms with Crippen LogP contribution in [0.4, 0.5) is 19.0 Å². The molecule has 0 atom stereocenters. The SMILES string of the molecule is CS(=O)(=O)c1ccc(Cl)c(C(=O)N2CCN(c3ccc(C(F)(F)F)cn3)CC2)c1. The van der Waals surface area contributed by atoms with Crippen LogP contribution in [0.5, 0.6) is 0 Å². The van der Waals surface area contributed by atoms with Crippen LogP contribution in [0, 0.1) is 0 Å². The van der Waals surface area contributed by atoms with E-state index >= 15 is 0 Å². The minimum absolute atomic E-state index is 0.00200. The minimum Gasteiger partial charge on any atom is -0.353 e. The Morgan fingerprint density at radius 3 is 2.28 bits per heavy atom. The molecule has 1 aliphatic rings. The number of carbonyl (C=O) groups is 1. The van der Waals surface area contributed by atoms with E-state index in [2.05, 4.69) is 4.98 Å². The maximum atomic E-state index is 12.8. The lowest BCUT2D eigenvalue weighted by Gasteiger charge is -2.35. The van der Waals surface area contributed by atoms with Gasteiger partial charge in [-0.1, -0.05) is 11.6 Å². The average Bonchev–Trinajstić information content (AvgIpc) is 2.66. The van der Waals surface area contributed by atoms with Gasteiger partial charge in [-0.15, -0.1) is 0 Å². The number of alkyl halides is 3. The van der Waals surface area contributed by atoms with Gasteiger partial charge in [-0.2, -0.15) is 13.2 Å². The molecule has 0 bridgehead atoms. The fraction of sp³-hybridized carbons (Fsp3) is 0.333. The van der Waals surface area contributed by atoms with Crippen LogP contribution in [-0.4, -0.2) is 56.6 Å². The number of sulfone groups is 1. The van der Waals surface area contributed by atoms with Gasteiger partial charge in [0.25, 0.3) is 5.91 Å². The van der Waals surface area contributed by atoms with Gasteiger partial charge in [0.1, 0.15) is 5.82 Å². The summed E-state index contributed by atoms with van der Waals surface area (Å²) in [6, 6.07) is 6.23. The largest absolute Gasteiger partial charge is 0.417 e. The zero-order valence-corrected chi connectivity index (χ0v) is 16.9. The van der Waals surface area contributed by atoms with Gasteiger partial charge in [-0.3, -0.25) is 4.79 Å². The molecule has 11 heteroatoms. The molecule has 0 N–H and O–H groups in total. The van der Waals surface area contributed by atoms with Gasteiger partial charge in [0.05, 0.1) is 21.0 Å². The first kappa shape index (κ1) is 21.4. The molecule has 0 aliphatic carbocycles. The third-order valence-electron chi connectivity index (χ3n) is 4.56. The van der Waals surface area contributed by atoms with E-state index in [0.717, 1.165) is 18.5 Å². The van der Waals surface area contributed by atoms with Gasteiger partial charge in [0.2, 0.25) is 0 Å². The fourth-order valence-electron chi connectivity index (χ4n) is 2.95.